The van der Waals surface area contributed by atoms with Crippen LogP contribution >= 0.6 is 15.9 Å². The van der Waals surface area contributed by atoms with Gasteiger partial charge in [-0.15, -0.1) is 0 Å². The lowest BCUT2D eigenvalue weighted by atomic mass is 10.2. The van der Waals surface area contributed by atoms with Crippen LogP contribution in [-0.4, -0.2) is 20.2 Å². The molecule has 1 saturated carbocycles. The molecule has 0 radical (unpaired) electrons. The van der Waals surface area contributed by atoms with Gasteiger partial charge in [-0.3, -0.25) is 0 Å². The maximum absolute atomic E-state index is 12.0. The van der Waals surface area contributed by atoms with Crippen molar-refractivity contribution in [1.29, 1.82) is 0 Å². The number of benzene rings is 1. The number of rotatable bonds is 5. The Labute approximate surface area is 117 Å². The Bertz CT molecular complexity index is 469. The van der Waals surface area contributed by atoms with Gasteiger partial charge >= 0.3 is 0 Å². The molecule has 1 aromatic carbocycles. The Hall–Kier alpha value is -0.390. The number of nitrogens with one attached hydrogen (secondary N) is 1. The lowest BCUT2D eigenvalue weighted by Gasteiger charge is -2.15. The van der Waals surface area contributed by atoms with Gasteiger partial charge in [-0.05, 0) is 18.4 Å². The first-order valence-electron chi connectivity index (χ1n) is 6.27. The Kier molecular flexibility index (Phi) is 4.81. The largest absolute Gasteiger partial charge is 0.214 e. The molecule has 0 aliphatic heterocycles. The summed E-state index contributed by atoms with van der Waals surface area (Å²) in [6.07, 6.45) is 3.66. The minimum Gasteiger partial charge on any atom is -0.214 e. The maximum atomic E-state index is 12.0. The van der Waals surface area contributed by atoms with Crippen molar-refractivity contribution in [3.8, 4) is 0 Å². The number of alkyl halides is 1. The molecular formula is C13H18BrNO2S. The molecule has 1 fully saturated rings. The highest BCUT2D eigenvalue weighted by molar-refractivity contribution is 9.09. The van der Waals surface area contributed by atoms with Gasteiger partial charge in [-0.1, -0.05) is 59.1 Å². The first-order valence-corrected chi connectivity index (χ1v) is 8.73. The zero-order valence-electron chi connectivity index (χ0n) is 10.2. The summed E-state index contributed by atoms with van der Waals surface area (Å²) in [6, 6.07) is 9.84. The second kappa shape index (κ2) is 6.17. The van der Waals surface area contributed by atoms with Gasteiger partial charge in [0.2, 0.25) is 10.0 Å². The summed E-state index contributed by atoms with van der Waals surface area (Å²) >= 11 is 3.52. The summed E-state index contributed by atoms with van der Waals surface area (Å²) < 4.78 is 26.8. The van der Waals surface area contributed by atoms with Gasteiger partial charge in [-0.2, -0.15) is 0 Å². The van der Waals surface area contributed by atoms with Crippen LogP contribution in [0.2, 0.25) is 0 Å². The van der Waals surface area contributed by atoms with Crippen molar-refractivity contribution in [3.63, 3.8) is 0 Å². The average Bonchev–Trinajstić information content (AvgIpc) is 2.92. The van der Waals surface area contributed by atoms with Crippen LogP contribution in [0.1, 0.15) is 36.1 Å². The predicted octanol–water partition coefficient (Wildman–Crippen LogP) is 2.98. The molecule has 0 spiro atoms. The highest BCUT2D eigenvalue weighted by atomic mass is 79.9. The van der Waals surface area contributed by atoms with Gasteiger partial charge in [0.1, 0.15) is 0 Å². The Morgan fingerprint density at radius 1 is 1.22 bits per heavy atom. The summed E-state index contributed by atoms with van der Waals surface area (Å²) in [5.41, 5.74) is 1.09. The minimum absolute atomic E-state index is 0.0230. The van der Waals surface area contributed by atoms with Crippen LogP contribution < -0.4 is 4.72 Å². The third-order valence-corrected chi connectivity index (χ3v) is 6.14. The maximum Gasteiger partial charge on any atom is 0.214 e. The van der Waals surface area contributed by atoms with Crippen LogP contribution in [0.5, 0.6) is 0 Å². The normalized spacial score (nSPS) is 18.9. The molecule has 0 bridgehead atoms. The van der Waals surface area contributed by atoms with E-state index in [2.05, 4.69) is 20.7 Å². The second-order valence-electron chi connectivity index (χ2n) is 4.68. The van der Waals surface area contributed by atoms with Crippen molar-refractivity contribution in [3.05, 3.63) is 35.9 Å². The smallest absolute Gasteiger partial charge is 0.214 e. The molecule has 2 rings (SSSR count). The molecule has 100 valence electrons. The van der Waals surface area contributed by atoms with E-state index >= 15 is 0 Å². The van der Waals surface area contributed by atoms with Gasteiger partial charge in [0.05, 0.1) is 10.1 Å². The zero-order valence-corrected chi connectivity index (χ0v) is 12.6. The molecule has 0 saturated heterocycles. The molecule has 18 heavy (non-hydrogen) atoms. The molecule has 0 heterocycles. The minimum atomic E-state index is -3.14. The molecule has 1 N–H and O–H groups in total. The molecule has 1 aliphatic rings. The quantitative estimate of drug-likeness (QED) is 0.843. The molecule has 1 atom stereocenters. The van der Waals surface area contributed by atoms with E-state index in [4.69, 9.17) is 0 Å². The molecule has 1 aromatic rings. The van der Waals surface area contributed by atoms with E-state index in [1.165, 1.54) is 0 Å². The summed E-state index contributed by atoms with van der Waals surface area (Å²) in [4.78, 5) is 0.0230. The highest BCUT2D eigenvalue weighted by Gasteiger charge is 2.28. The first-order chi connectivity index (χ1) is 8.59. The Morgan fingerprint density at radius 3 is 2.44 bits per heavy atom. The third-order valence-electron chi connectivity index (χ3n) is 3.37. The lowest BCUT2D eigenvalue weighted by molar-refractivity contribution is 0.564. The van der Waals surface area contributed by atoms with Crippen LogP contribution in [0, 0.1) is 0 Å². The van der Waals surface area contributed by atoms with E-state index in [-0.39, 0.29) is 10.1 Å². The van der Waals surface area contributed by atoms with E-state index in [0.717, 1.165) is 31.2 Å². The fourth-order valence-corrected chi connectivity index (χ4v) is 4.56. The van der Waals surface area contributed by atoms with E-state index in [9.17, 15) is 8.42 Å². The van der Waals surface area contributed by atoms with Crippen molar-refractivity contribution < 1.29 is 8.42 Å². The van der Waals surface area contributed by atoms with Gasteiger partial charge in [0.25, 0.3) is 0 Å². The molecular weight excluding hydrogens is 314 g/mol. The van der Waals surface area contributed by atoms with Crippen LogP contribution in [0.3, 0.4) is 0 Å². The zero-order chi connectivity index (χ0) is 13.0. The standard InChI is InChI=1S/C13H18BrNO2S/c14-13(11-6-2-1-3-7-11)10-15-18(16,17)12-8-4-5-9-12/h1-3,6-7,12-13,15H,4-5,8-10H2. The molecule has 0 amide bonds. The van der Waals surface area contributed by atoms with Crippen LogP contribution in [0.15, 0.2) is 30.3 Å². The SMILES string of the molecule is O=S(=O)(NCC(Br)c1ccccc1)C1CCCC1. The van der Waals surface area contributed by atoms with Crippen LogP contribution in [-0.2, 0) is 10.0 Å². The fraction of sp³-hybridized carbons (Fsp3) is 0.538. The van der Waals surface area contributed by atoms with Crippen molar-refractivity contribution >= 4 is 26.0 Å². The topological polar surface area (TPSA) is 46.2 Å². The lowest BCUT2D eigenvalue weighted by Crippen LogP contribution is -2.34. The van der Waals surface area contributed by atoms with E-state index in [1.54, 1.807) is 0 Å². The van der Waals surface area contributed by atoms with Gasteiger partial charge < -0.3 is 0 Å². The van der Waals surface area contributed by atoms with E-state index in [1.807, 2.05) is 30.3 Å². The molecule has 5 heteroatoms. The summed E-state index contributed by atoms with van der Waals surface area (Å²) in [5.74, 6) is 0. The second-order valence-corrected chi connectivity index (χ2v) is 7.83. The van der Waals surface area contributed by atoms with Crippen molar-refractivity contribution in [2.45, 2.75) is 35.8 Å². The summed E-state index contributed by atoms with van der Waals surface area (Å²) in [7, 11) is -3.14. The van der Waals surface area contributed by atoms with Gasteiger partial charge in [0.15, 0.2) is 0 Å². The van der Waals surface area contributed by atoms with E-state index < -0.39 is 10.0 Å². The number of halogens is 1. The first kappa shape index (κ1) is 14.0. The molecule has 3 nitrogen and oxygen atoms in total. The predicted molar refractivity (Wildman–Crippen MR) is 77.3 cm³/mol. The third kappa shape index (κ3) is 3.56. The van der Waals surface area contributed by atoms with E-state index in [0.29, 0.717) is 6.54 Å². The van der Waals surface area contributed by atoms with Gasteiger partial charge in [-0.25, -0.2) is 13.1 Å². The molecule has 0 aromatic heterocycles. The number of hydrogen-bond acceptors (Lipinski definition) is 2. The average molecular weight is 332 g/mol. The number of hydrogen-bond donors (Lipinski definition) is 1. The van der Waals surface area contributed by atoms with Crippen LogP contribution in [0.4, 0.5) is 0 Å². The van der Waals surface area contributed by atoms with Crippen molar-refractivity contribution in [2.24, 2.45) is 0 Å². The van der Waals surface area contributed by atoms with Crippen molar-refractivity contribution in [1.82, 2.24) is 4.72 Å². The Balaban J connectivity index is 1.91. The number of sulfonamides is 1. The van der Waals surface area contributed by atoms with Crippen molar-refractivity contribution in [2.75, 3.05) is 6.54 Å². The summed E-state index contributed by atoms with van der Waals surface area (Å²) in [6.45, 7) is 0.406. The monoisotopic (exact) mass is 331 g/mol. The van der Waals surface area contributed by atoms with Crippen LogP contribution in [0.25, 0.3) is 0 Å². The Morgan fingerprint density at radius 2 is 1.83 bits per heavy atom. The molecule has 1 unspecified atom stereocenters. The summed E-state index contributed by atoms with van der Waals surface area (Å²) in [5, 5.41) is -0.187. The highest BCUT2D eigenvalue weighted by Crippen LogP contribution is 2.25. The van der Waals surface area contributed by atoms with Gasteiger partial charge in [0, 0.05) is 6.54 Å². The molecule has 1 aliphatic carbocycles. The fourth-order valence-electron chi connectivity index (χ4n) is 2.29.